The lowest BCUT2D eigenvalue weighted by Gasteiger charge is -2.14. The molecule has 96 valence electrons. The van der Waals surface area contributed by atoms with E-state index >= 15 is 0 Å². The summed E-state index contributed by atoms with van der Waals surface area (Å²) in [5, 5.41) is 0. The van der Waals surface area contributed by atoms with Crippen LogP contribution in [0.4, 0.5) is 0 Å². The highest BCUT2D eigenvalue weighted by Gasteiger charge is 2.30. The maximum Gasteiger partial charge on any atom is 0.310 e. The lowest BCUT2D eigenvalue weighted by molar-refractivity contribution is -0.139. The van der Waals surface area contributed by atoms with E-state index in [4.69, 9.17) is 14.2 Å². The van der Waals surface area contributed by atoms with Crippen LogP contribution in [-0.4, -0.2) is 26.3 Å². The monoisotopic (exact) mass is 248 g/mol. The van der Waals surface area contributed by atoms with E-state index in [0.29, 0.717) is 13.2 Å². The fraction of sp³-hybridized carbons (Fsp3) is 0.500. The van der Waals surface area contributed by atoms with Crippen molar-refractivity contribution in [2.75, 3.05) is 20.3 Å². The van der Waals surface area contributed by atoms with Gasteiger partial charge in [0.2, 0.25) is 0 Å². The van der Waals surface area contributed by atoms with Crippen molar-refractivity contribution in [1.82, 2.24) is 0 Å². The van der Waals surface area contributed by atoms with Gasteiger partial charge < -0.3 is 14.2 Å². The zero-order chi connectivity index (χ0) is 12.7. The molecule has 0 radical (unpaired) electrons. The van der Waals surface area contributed by atoms with Gasteiger partial charge in [0, 0.05) is 29.5 Å². The lowest BCUT2D eigenvalue weighted by Crippen LogP contribution is -2.08. The SMILES string of the molecule is COC(=O)Cc1c2c(c(C)c3c1OCC3)OCC2. The van der Waals surface area contributed by atoms with E-state index in [2.05, 4.69) is 6.92 Å². The third kappa shape index (κ3) is 1.55. The topological polar surface area (TPSA) is 44.8 Å². The fourth-order valence-corrected chi connectivity index (χ4v) is 2.84. The van der Waals surface area contributed by atoms with Crippen molar-refractivity contribution in [2.45, 2.75) is 26.2 Å². The molecule has 0 saturated heterocycles. The molecule has 2 heterocycles. The zero-order valence-electron chi connectivity index (χ0n) is 10.7. The van der Waals surface area contributed by atoms with Crippen LogP contribution in [0.25, 0.3) is 0 Å². The normalized spacial score (nSPS) is 15.7. The molecule has 0 aliphatic carbocycles. The van der Waals surface area contributed by atoms with Crippen molar-refractivity contribution in [2.24, 2.45) is 0 Å². The van der Waals surface area contributed by atoms with E-state index in [1.165, 1.54) is 18.2 Å². The van der Waals surface area contributed by atoms with Crippen molar-refractivity contribution < 1.29 is 19.0 Å². The molecule has 0 atom stereocenters. The van der Waals surface area contributed by atoms with E-state index in [0.717, 1.165) is 35.5 Å². The Kier molecular flexibility index (Phi) is 2.65. The highest BCUT2D eigenvalue weighted by Crippen LogP contribution is 2.44. The second kappa shape index (κ2) is 4.19. The standard InChI is InChI=1S/C14H16O4/c1-8-9-3-5-18-14(9)11(7-12(15)16-2)10-4-6-17-13(8)10/h3-7H2,1-2H3. The molecule has 2 aliphatic rings. The van der Waals surface area contributed by atoms with Crippen LogP contribution in [0.2, 0.25) is 0 Å². The molecule has 0 bridgehead atoms. The first-order valence-electron chi connectivity index (χ1n) is 6.22. The van der Waals surface area contributed by atoms with Gasteiger partial charge >= 0.3 is 5.97 Å². The average molecular weight is 248 g/mol. The van der Waals surface area contributed by atoms with E-state index in [9.17, 15) is 4.79 Å². The predicted molar refractivity (Wildman–Crippen MR) is 65.3 cm³/mol. The highest BCUT2D eigenvalue weighted by molar-refractivity contribution is 5.76. The Bertz CT molecular complexity index is 484. The van der Waals surface area contributed by atoms with Crippen LogP contribution in [0.15, 0.2) is 0 Å². The maximum absolute atomic E-state index is 11.5. The summed E-state index contributed by atoms with van der Waals surface area (Å²) < 4.78 is 16.2. The molecule has 0 unspecified atom stereocenters. The third-order valence-electron chi connectivity index (χ3n) is 3.73. The summed E-state index contributed by atoms with van der Waals surface area (Å²) in [4.78, 5) is 11.5. The molecule has 4 nitrogen and oxygen atoms in total. The van der Waals surface area contributed by atoms with Gasteiger partial charge in [0.05, 0.1) is 26.7 Å². The van der Waals surface area contributed by atoms with Gasteiger partial charge in [-0.3, -0.25) is 4.79 Å². The molecule has 0 N–H and O–H groups in total. The summed E-state index contributed by atoms with van der Waals surface area (Å²) in [6.45, 7) is 3.44. The molecule has 2 aliphatic heterocycles. The fourth-order valence-electron chi connectivity index (χ4n) is 2.84. The molecule has 1 aromatic carbocycles. The van der Waals surface area contributed by atoms with E-state index < -0.39 is 0 Å². The molecule has 3 rings (SSSR count). The Morgan fingerprint density at radius 3 is 2.56 bits per heavy atom. The second-order valence-electron chi connectivity index (χ2n) is 4.67. The molecule has 0 saturated carbocycles. The lowest BCUT2D eigenvalue weighted by atomic mass is 9.93. The molecule has 18 heavy (non-hydrogen) atoms. The van der Waals surface area contributed by atoms with Crippen molar-refractivity contribution in [3.05, 3.63) is 22.3 Å². The first-order chi connectivity index (χ1) is 8.72. The van der Waals surface area contributed by atoms with Crippen LogP contribution in [0.5, 0.6) is 11.5 Å². The van der Waals surface area contributed by atoms with Gasteiger partial charge in [0.1, 0.15) is 11.5 Å². The quantitative estimate of drug-likeness (QED) is 0.745. The number of benzene rings is 1. The summed E-state index contributed by atoms with van der Waals surface area (Å²) in [5.74, 6) is 1.62. The van der Waals surface area contributed by atoms with Gasteiger partial charge in [-0.15, -0.1) is 0 Å². The summed E-state index contributed by atoms with van der Waals surface area (Å²) in [6, 6.07) is 0. The summed E-state index contributed by atoms with van der Waals surface area (Å²) >= 11 is 0. The number of rotatable bonds is 2. The molecular formula is C14H16O4. The second-order valence-corrected chi connectivity index (χ2v) is 4.67. The van der Waals surface area contributed by atoms with Crippen molar-refractivity contribution in [3.63, 3.8) is 0 Å². The Labute approximate surface area is 106 Å². The van der Waals surface area contributed by atoms with Crippen LogP contribution in [0.1, 0.15) is 22.3 Å². The molecule has 1 aromatic rings. The smallest absolute Gasteiger partial charge is 0.310 e. The number of carbonyl (C=O) groups excluding carboxylic acids is 1. The number of hydrogen-bond acceptors (Lipinski definition) is 4. The minimum absolute atomic E-state index is 0.231. The molecule has 4 heteroatoms. The zero-order valence-corrected chi connectivity index (χ0v) is 10.7. The molecular weight excluding hydrogens is 232 g/mol. The highest BCUT2D eigenvalue weighted by atomic mass is 16.5. The first-order valence-corrected chi connectivity index (χ1v) is 6.22. The van der Waals surface area contributed by atoms with Crippen LogP contribution >= 0.6 is 0 Å². The number of methoxy groups -OCH3 is 1. The minimum atomic E-state index is -0.231. The van der Waals surface area contributed by atoms with Crippen LogP contribution in [0, 0.1) is 6.92 Å². The maximum atomic E-state index is 11.5. The summed E-state index contributed by atoms with van der Waals surface area (Å²) in [6.07, 6.45) is 2.01. The largest absolute Gasteiger partial charge is 0.493 e. The van der Waals surface area contributed by atoms with Gasteiger partial charge in [-0.05, 0) is 12.5 Å². The number of hydrogen-bond donors (Lipinski definition) is 0. The molecule has 0 spiro atoms. The van der Waals surface area contributed by atoms with Crippen molar-refractivity contribution in [3.8, 4) is 11.5 Å². The first kappa shape index (κ1) is 11.4. The number of ether oxygens (including phenoxy) is 3. The molecule has 0 fully saturated rings. The van der Waals surface area contributed by atoms with Crippen LogP contribution in [-0.2, 0) is 28.8 Å². The van der Waals surface area contributed by atoms with Crippen LogP contribution < -0.4 is 9.47 Å². The Hall–Kier alpha value is -1.71. The van der Waals surface area contributed by atoms with E-state index in [1.807, 2.05) is 0 Å². The molecule has 0 aromatic heterocycles. The van der Waals surface area contributed by atoms with E-state index in [-0.39, 0.29) is 12.4 Å². The number of carbonyl (C=O) groups is 1. The Morgan fingerprint density at radius 1 is 1.17 bits per heavy atom. The van der Waals surface area contributed by atoms with Gasteiger partial charge in [-0.1, -0.05) is 0 Å². The van der Waals surface area contributed by atoms with Gasteiger partial charge in [0.15, 0.2) is 0 Å². The van der Waals surface area contributed by atoms with Gasteiger partial charge in [-0.2, -0.15) is 0 Å². The third-order valence-corrected chi connectivity index (χ3v) is 3.73. The average Bonchev–Trinajstić information content (AvgIpc) is 3.02. The Balaban J connectivity index is 2.15. The molecule has 0 amide bonds. The number of esters is 1. The van der Waals surface area contributed by atoms with Crippen molar-refractivity contribution in [1.29, 1.82) is 0 Å². The number of fused-ring (bicyclic) bond motifs is 2. The summed E-state index contributed by atoms with van der Waals surface area (Å²) in [5.41, 5.74) is 4.45. The van der Waals surface area contributed by atoms with E-state index in [1.54, 1.807) is 0 Å². The predicted octanol–water partition coefficient (Wildman–Crippen LogP) is 1.58. The minimum Gasteiger partial charge on any atom is -0.493 e. The summed E-state index contributed by atoms with van der Waals surface area (Å²) in [7, 11) is 1.41. The van der Waals surface area contributed by atoms with Crippen molar-refractivity contribution >= 4 is 5.97 Å². The Morgan fingerprint density at radius 2 is 1.83 bits per heavy atom. The van der Waals surface area contributed by atoms with Gasteiger partial charge in [0.25, 0.3) is 0 Å². The van der Waals surface area contributed by atoms with Gasteiger partial charge in [-0.25, -0.2) is 0 Å². The van der Waals surface area contributed by atoms with Crippen LogP contribution in [0.3, 0.4) is 0 Å².